The van der Waals surface area contributed by atoms with Crippen LogP contribution in [0, 0.1) is 52.3 Å². The largest absolute Gasteiger partial charge is 0.328 e. The van der Waals surface area contributed by atoms with Crippen molar-refractivity contribution in [2.75, 3.05) is 6.54 Å². The molecule has 0 aromatic heterocycles. The van der Waals surface area contributed by atoms with Crippen LogP contribution >= 0.6 is 0 Å². The van der Waals surface area contributed by atoms with E-state index in [0.29, 0.717) is 16.9 Å². The first-order valence-electron chi connectivity index (χ1n) is 13.9. The van der Waals surface area contributed by atoms with Crippen molar-refractivity contribution in [1.82, 2.24) is 5.32 Å². The molecule has 3 N–H and O–H groups in total. The third-order valence-corrected chi connectivity index (χ3v) is 11.8. The summed E-state index contributed by atoms with van der Waals surface area (Å²) in [6.07, 6.45) is 16.6. The molecule has 0 aromatic rings. The molecule has 2 nitrogen and oxygen atoms in total. The van der Waals surface area contributed by atoms with Crippen molar-refractivity contribution >= 4 is 0 Å². The molecule has 3 saturated carbocycles. The molecule has 5 aliphatic rings. The molecule has 4 fully saturated rings. The summed E-state index contributed by atoms with van der Waals surface area (Å²) < 4.78 is 0. The SMILES string of the molecule is CC(C)C1CCNC1C[C@@H](C)[C@H]1CC[C@H]2C3=CCC4C[C@H](N)CC[C@]4(C)[C@H]3CC[C@]12C. The Labute approximate surface area is 192 Å². The fourth-order valence-corrected chi connectivity index (χ4v) is 9.93. The van der Waals surface area contributed by atoms with E-state index in [4.69, 9.17) is 5.73 Å². The molecule has 1 heterocycles. The van der Waals surface area contributed by atoms with Gasteiger partial charge in [0.2, 0.25) is 0 Å². The van der Waals surface area contributed by atoms with E-state index < -0.39 is 0 Å². The van der Waals surface area contributed by atoms with Crippen molar-refractivity contribution in [2.24, 2.45) is 58.0 Å². The molecule has 0 aromatic carbocycles. The Hall–Kier alpha value is -0.340. The molecule has 0 radical (unpaired) electrons. The van der Waals surface area contributed by atoms with Crippen LogP contribution in [0.25, 0.3) is 0 Å². The van der Waals surface area contributed by atoms with E-state index in [9.17, 15) is 0 Å². The van der Waals surface area contributed by atoms with Crippen molar-refractivity contribution in [3.63, 3.8) is 0 Å². The molecule has 1 saturated heterocycles. The van der Waals surface area contributed by atoms with Crippen molar-refractivity contribution < 1.29 is 0 Å². The highest BCUT2D eigenvalue weighted by atomic mass is 15.0. The van der Waals surface area contributed by atoms with Crippen LogP contribution in [0.1, 0.15) is 98.8 Å². The van der Waals surface area contributed by atoms with E-state index in [2.05, 4.69) is 46.0 Å². The van der Waals surface area contributed by atoms with Crippen molar-refractivity contribution in [3.8, 4) is 0 Å². The van der Waals surface area contributed by atoms with Gasteiger partial charge in [-0.05, 0) is 123 Å². The number of hydrogen-bond acceptors (Lipinski definition) is 2. The molecule has 0 amide bonds. The van der Waals surface area contributed by atoms with Gasteiger partial charge in [-0.1, -0.05) is 46.3 Å². The van der Waals surface area contributed by atoms with Gasteiger partial charge in [-0.25, -0.2) is 0 Å². The number of rotatable bonds is 4. The number of hydrogen-bond donors (Lipinski definition) is 2. The molecular weight excluding hydrogens is 376 g/mol. The zero-order valence-corrected chi connectivity index (χ0v) is 21.1. The Morgan fingerprint density at radius 3 is 2.52 bits per heavy atom. The van der Waals surface area contributed by atoms with Crippen LogP contribution in [0.4, 0.5) is 0 Å². The van der Waals surface area contributed by atoms with Crippen LogP contribution < -0.4 is 11.1 Å². The Kier molecular flexibility index (Phi) is 5.91. The van der Waals surface area contributed by atoms with Crippen molar-refractivity contribution in [1.29, 1.82) is 0 Å². The molecular formula is C29H50N2. The van der Waals surface area contributed by atoms with Gasteiger partial charge in [0.1, 0.15) is 0 Å². The fraction of sp³-hybridized carbons (Fsp3) is 0.931. The molecule has 5 rings (SSSR count). The monoisotopic (exact) mass is 426 g/mol. The smallest absolute Gasteiger partial charge is 0.0101 e. The van der Waals surface area contributed by atoms with Crippen LogP contribution in [0.3, 0.4) is 0 Å². The lowest BCUT2D eigenvalue weighted by molar-refractivity contribution is -0.0126. The first kappa shape index (κ1) is 22.5. The molecule has 0 bridgehead atoms. The minimum Gasteiger partial charge on any atom is -0.328 e. The lowest BCUT2D eigenvalue weighted by Gasteiger charge is -2.58. The zero-order valence-electron chi connectivity index (χ0n) is 21.1. The topological polar surface area (TPSA) is 38.0 Å². The number of allylic oxidation sites excluding steroid dienone is 2. The molecule has 31 heavy (non-hydrogen) atoms. The predicted molar refractivity (Wildman–Crippen MR) is 132 cm³/mol. The maximum absolute atomic E-state index is 6.40. The van der Waals surface area contributed by atoms with Crippen LogP contribution in [0.2, 0.25) is 0 Å². The van der Waals surface area contributed by atoms with Crippen molar-refractivity contribution in [3.05, 3.63) is 11.6 Å². The number of nitrogens with one attached hydrogen (secondary N) is 1. The Morgan fingerprint density at radius 2 is 1.74 bits per heavy atom. The Balaban J connectivity index is 1.33. The second kappa shape index (κ2) is 8.15. The van der Waals surface area contributed by atoms with Crippen LogP contribution in [-0.2, 0) is 0 Å². The highest BCUT2D eigenvalue weighted by Gasteiger charge is 2.58. The van der Waals surface area contributed by atoms with Gasteiger partial charge in [0.15, 0.2) is 0 Å². The van der Waals surface area contributed by atoms with E-state index in [1.807, 2.05) is 5.57 Å². The summed E-state index contributed by atoms with van der Waals surface area (Å²) >= 11 is 0. The second-order valence-electron chi connectivity index (χ2n) is 13.5. The lowest BCUT2D eigenvalue weighted by atomic mass is 9.47. The molecule has 2 heteroatoms. The highest BCUT2D eigenvalue weighted by molar-refractivity contribution is 5.27. The first-order chi connectivity index (χ1) is 14.7. The fourth-order valence-electron chi connectivity index (χ4n) is 9.93. The van der Waals surface area contributed by atoms with Gasteiger partial charge in [-0.15, -0.1) is 0 Å². The third-order valence-electron chi connectivity index (χ3n) is 11.8. The molecule has 0 spiro atoms. The minimum absolute atomic E-state index is 0.456. The van der Waals surface area contributed by atoms with E-state index in [1.54, 1.807) is 0 Å². The van der Waals surface area contributed by atoms with E-state index in [0.717, 1.165) is 47.5 Å². The maximum Gasteiger partial charge on any atom is 0.0101 e. The normalized spacial score (nSPS) is 50.5. The van der Waals surface area contributed by atoms with Gasteiger partial charge in [0.25, 0.3) is 0 Å². The molecule has 1 aliphatic heterocycles. The summed E-state index contributed by atoms with van der Waals surface area (Å²) in [4.78, 5) is 0. The third kappa shape index (κ3) is 3.58. The standard InChI is InChI=1S/C29H50N2/c1-18(2)22-12-15-31-27(22)16-19(3)24-8-9-25-23-7-6-20-17-21(30)10-13-28(20,4)26(23)11-14-29(24,25)5/h7,18-22,24-27,31H,6,8-17,30H2,1-5H3/t19-,20?,21-,22?,24-,25+,26+,27?,28+,29-/m1/s1. The summed E-state index contributed by atoms with van der Waals surface area (Å²) in [6.45, 7) is 14.1. The van der Waals surface area contributed by atoms with Crippen LogP contribution in [0.15, 0.2) is 11.6 Å². The van der Waals surface area contributed by atoms with Gasteiger partial charge >= 0.3 is 0 Å². The van der Waals surface area contributed by atoms with Gasteiger partial charge in [0, 0.05) is 12.1 Å². The molecule has 176 valence electrons. The summed E-state index contributed by atoms with van der Waals surface area (Å²) in [5, 5.41) is 3.89. The zero-order chi connectivity index (χ0) is 22.0. The summed E-state index contributed by atoms with van der Waals surface area (Å²) in [5.74, 6) is 6.03. The molecule has 10 atom stereocenters. The average molecular weight is 427 g/mol. The van der Waals surface area contributed by atoms with Crippen molar-refractivity contribution in [2.45, 2.75) is 111 Å². The van der Waals surface area contributed by atoms with Gasteiger partial charge in [-0.2, -0.15) is 0 Å². The van der Waals surface area contributed by atoms with Gasteiger partial charge in [-0.3, -0.25) is 0 Å². The second-order valence-corrected chi connectivity index (χ2v) is 13.5. The van der Waals surface area contributed by atoms with Crippen LogP contribution in [-0.4, -0.2) is 18.6 Å². The summed E-state index contributed by atoms with van der Waals surface area (Å²) in [7, 11) is 0. The van der Waals surface area contributed by atoms with E-state index >= 15 is 0 Å². The summed E-state index contributed by atoms with van der Waals surface area (Å²) in [5.41, 5.74) is 9.38. The van der Waals surface area contributed by atoms with E-state index in [1.165, 1.54) is 70.8 Å². The number of fused-ring (bicyclic) bond motifs is 5. The average Bonchev–Trinajstić information content (AvgIpc) is 3.32. The van der Waals surface area contributed by atoms with Gasteiger partial charge in [0.05, 0.1) is 0 Å². The van der Waals surface area contributed by atoms with E-state index in [-0.39, 0.29) is 0 Å². The lowest BCUT2D eigenvalue weighted by Crippen LogP contribution is -2.51. The molecule has 4 aliphatic carbocycles. The summed E-state index contributed by atoms with van der Waals surface area (Å²) in [6, 6.07) is 1.21. The number of nitrogens with two attached hydrogens (primary N) is 1. The minimum atomic E-state index is 0.456. The molecule has 3 unspecified atom stereocenters. The maximum atomic E-state index is 6.40. The van der Waals surface area contributed by atoms with Crippen LogP contribution in [0.5, 0.6) is 0 Å². The van der Waals surface area contributed by atoms with Gasteiger partial charge < -0.3 is 11.1 Å². The Morgan fingerprint density at radius 1 is 1.00 bits per heavy atom. The Bertz CT molecular complexity index is 697. The quantitative estimate of drug-likeness (QED) is 0.500. The first-order valence-corrected chi connectivity index (χ1v) is 13.9. The highest BCUT2D eigenvalue weighted by Crippen LogP contribution is 2.67. The predicted octanol–water partition coefficient (Wildman–Crippen LogP) is 6.55.